The summed E-state index contributed by atoms with van der Waals surface area (Å²) in [6.45, 7) is 11.9. The second-order valence-corrected chi connectivity index (χ2v) is 4.96. The average Bonchev–Trinajstić information content (AvgIpc) is 2.16. The number of nitrogens with one attached hydrogen (secondary N) is 1. The van der Waals surface area contributed by atoms with Crippen molar-refractivity contribution >= 4 is 11.9 Å². The van der Waals surface area contributed by atoms with E-state index in [0.717, 1.165) is 13.1 Å². The van der Waals surface area contributed by atoms with E-state index in [1.165, 1.54) is 0 Å². The minimum absolute atomic E-state index is 0.101. The first-order valence-corrected chi connectivity index (χ1v) is 6.16. The normalized spacial score (nSPS) is 12.4. The Morgan fingerprint density at radius 2 is 1.82 bits per heavy atom. The van der Waals surface area contributed by atoms with Crippen molar-refractivity contribution < 1.29 is 4.79 Å². The van der Waals surface area contributed by atoms with Crippen molar-refractivity contribution in [1.82, 2.24) is 10.2 Å². The van der Waals surface area contributed by atoms with Gasteiger partial charge in [-0.05, 0) is 34.6 Å². The van der Waals surface area contributed by atoms with Crippen LogP contribution in [-0.2, 0) is 4.79 Å². The lowest BCUT2D eigenvalue weighted by molar-refractivity contribution is -0.130. The van der Waals surface area contributed by atoms with Crippen molar-refractivity contribution in [3.8, 4) is 0 Å². The van der Waals surface area contributed by atoms with Gasteiger partial charge in [-0.25, -0.2) is 0 Å². The van der Waals surface area contributed by atoms with Gasteiger partial charge in [0.05, 0.1) is 6.54 Å². The highest BCUT2D eigenvalue weighted by atomic mass is 16.2. The molecule has 5 heteroatoms. The van der Waals surface area contributed by atoms with E-state index in [1.807, 2.05) is 34.6 Å². The van der Waals surface area contributed by atoms with Crippen molar-refractivity contribution in [2.45, 2.75) is 46.6 Å². The van der Waals surface area contributed by atoms with E-state index < -0.39 is 0 Å². The van der Waals surface area contributed by atoms with Gasteiger partial charge >= 0.3 is 0 Å². The fourth-order valence-electron chi connectivity index (χ4n) is 1.43. The van der Waals surface area contributed by atoms with Crippen LogP contribution in [-0.4, -0.2) is 41.9 Å². The Balaban J connectivity index is 4.05. The monoisotopic (exact) mass is 242 g/mol. The maximum atomic E-state index is 11.7. The molecule has 3 N–H and O–H groups in total. The van der Waals surface area contributed by atoms with Crippen LogP contribution in [0.5, 0.6) is 0 Å². The molecule has 17 heavy (non-hydrogen) atoms. The number of hydrogen-bond donors (Lipinski definition) is 2. The third kappa shape index (κ3) is 7.60. The summed E-state index contributed by atoms with van der Waals surface area (Å²) in [6, 6.07) is 0. The minimum atomic E-state index is -0.101. The van der Waals surface area contributed by atoms with Gasteiger partial charge in [-0.2, -0.15) is 0 Å². The lowest BCUT2D eigenvalue weighted by Crippen LogP contribution is -2.45. The Bertz CT molecular complexity index is 264. The topological polar surface area (TPSA) is 70.7 Å². The summed E-state index contributed by atoms with van der Waals surface area (Å²) in [7, 11) is 0. The van der Waals surface area contributed by atoms with E-state index in [0.29, 0.717) is 18.9 Å². The number of nitrogens with two attached hydrogens (primary N) is 1. The highest BCUT2D eigenvalue weighted by molar-refractivity contribution is 5.80. The number of nitrogens with zero attached hydrogens (tertiary/aromatic N) is 2. The smallest absolute Gasteiger partial charge is 0.224 e. The fourth-order valence-corrected chi connectivity index (χ4v) is 1.43. The van der Waals surface area contributed by atoms with E-state index in [2.05, 4.69) is 10.3 Å². The molecule has 0 aromatic heterocycles. The first-order chi connectivity index (χ1) is 7.80. The van der Waals surface area contributed by atoms with Crippen LogP contribution in [0.2, 0.25) is 0 Å². The summed E-state index contributed by atoms with van der Waals surface area (Å²) in [5.41, 5.74) is 5.60. The standard InChI is InChI=1S/C12H26N4O/c1-6-16(7-2)10(17)8-9-14-11(13)15-12(3,4)5/h6-9H2,1-5H3,(H3,13,14,15). The van der Waals surface area contributed by atoms with Gasteiger partial charge in [-0.3, -0.25) is 9.79 Å². The van der Waals surface area contributed by atoms with E-state index in [1.54, 1.807) is 4.90 Å². The van der Waals surface area contributed by atoms with Gasteiger partial charge in [0.2, 0.25) is 5.91 Å². The van der Waals surface area contributed by atoms with Crippen molar-refractivity contribution in [2.75, 3.05) is 19.6 Å². The summed E-state index contributed by atoms with van der Waals surface area (Å²) in [6.07, 6.45) is 0.411. The molecule has 0 bridgehead atoms. The van der Waals surface area contributed by atoms with Crippen LogP contribution >= 0.6 is 0 Å². The molecule has 0 unspecified atom stereocenters. The number of rotatable bonds is 5. The Hall–Kier alpha value is -1.26. The molecule has 0 aliphatic carbocycles. The Morgan fingerprint density at radius 3 is 2.24 bits per heavy atom. The number of amides is 1. The highest BCUT2D eigenvalue weighted by Crippen LogP contribution is 1.98. The molecule has 0 saturated carbocycles. The molecule has 0 atom stereocenters. The molecule has 0 spiro atoms. The molecule has 0 aromatic carbocycles. The summed E-state index contributed by atoms with van der Waals surface area (Å²) in [5, 5.41) is 3.05. The predicted molar refractivity (Wildman–Crippen MR) is 71.9 cm³/mol. The zero-order valence-corrected chi connectivity index (χ0v) is 11.7. The maximum Gasteiger partial charge on any atom is 0.224 e. The van der Waals surface area contributed by atoms with Crippen LogP contribution in [0.15, 0.2) is 4.99 Å². The van der Waals surface area contributed by atoms with Crippen LogP contribution < -0.4 is 11.1 Å². The van der Waals surface area contributed by atoms with E-state index >= 15 is 0 Å². The molecule has 0 radical (unpaired) electrons. The van der Waals surface area contributed by atoms with Gasteiger partial charge in [0.25, 0.3) is 0 Å². The fraction of sp³-hybridized carbons (Fsp3) is 0.833. The lowest BCUT2D eigenvalue weighted by Gasteiger charge is -2.21. The third-order valence-electron chi connectivity index (χ3n) is 2.23. The van der Waals surface area contributed by atoms with Crippen LogP contribution in [0.1, 0.15) is 41.0 Å². The molecule has 0 aliphatic rings. The maximum absolute atomic E-state index is 11.7. The first kappa shape index (κ1) is 15.7. The van der Waals surface area contributed by atoms with Gasteiger partial charge in [0, 0.05) is 25.0 Å². The Labute approximate surface area is 104 Å². The van der Waals surface area contributed by atoms with Crippen LogP contribution in [0.25, 0.3) is 0 Å². The molecular weight excluding hydrogens is 216 g/mol. The number of carbonyl (C=O) groups is 1. The molecule has 5 nitrogen and oxygen atoms in total. The molecule has 0 fully saturated rings. The van der Waals surface area contributed by atoms with Crippen molar-refractivity contribution in [3.05, 3.63) is 0 Å². The molecule has 0 rings (SSSR count). The zero-order valence-electron chi connectivity index (χ0n) is 11.7. The van der Waals surface area contributed by atoms with E-state index in [9.17, 15) is 4.79 Å². The number of carbonyl (C=O) groups excluding carboxylic acids is 1. The molecule has 0 heterocycles. The number of hydrogen-bond acceptors (Lipinski definition) is 2. The van der Waals surface area contributed by atoms with Gasteiger partial charge < -0.3 is 16.0 Å². The first-order valence-electron chi connectivity index (χ1n) is 6.16. The second kappa shape index (κ2) is 7.14. The molecule has 0 aromatic rings. The average molecular weight is 242 g/mol. The molecule has 1 amide bonds. The minimum Gasteiger partial charge on any atom is -0.370 e. The van der Waals surface area contributed by atoms with Gasteiger partial charge in [0.15, 0.2) is 5.96 Å². The summed E-state index contributed by atoms with van der Waals surface area (Å²) in [5.74, 6) is 0.521. The van der Waals surface area contributed by atoms with Gasteiger partial charge in [-0.1, -0.05) is 0 Å². The van der Waals surface area contributed by atoms with Crippen LogP contribution in [0.3, 0.4) is 0 Å². The van der Waals surface area contributed by atoms with Crippen molar-refractivity contribution in [2.24, 2.45) is 10.7 Å². The summed E-state index contributed by atoms with van der Waals surface area (Å²) >= 11 is 0. The number of aliphatic imine (C=N–C) groups is 1. The Kier molecular flexibility index (Phi) is 6.61. The highest BCUT2D eigenvalue weighted by Gasteiger charge is 2.11. The van der Waals surface area contributed by atoms with Gasteiger partial charge in [0.1, 0.15) is 0 Å². The van der Waals surface area contributed by atoms with E-state index in [-0.39, 0.29) is 11.4 Å². The predicted octanol–water partition coefficient (Wildman–Crippen LogP) is 0.948. The molecular formula is C12H26N4O. The summed E-state index contributed by atoms with van der Waals surface area (Å²) in [4.78, 5) is 17.6. The summed E-state index contributed by atoms with van der Waals surface area (Å²) < 4.78 is 0. The molecule has 100 valence electrons. The van der Waals surface area contributed by atoms with Crippen molar-refractivity contribution in [3.63, 3.8) is 0 Å². The lowest BCUT2D eigenvalue weighted by atomic mass is 10.1. The number of guanidine groups is 1. The third-order valence-corrected chi connectivity index (χ3v) is 2.23. The van der Waals surface area contributed by atoms with E-state index in [4.69, 9.17) is 5.73 Å². The quantitative estimate of drug-likeness (QED) is 0.557. The largest absolute Gasteiger partial charge is 0.370 e. The van der Waals surface area contributed by atoms with Crippen LogP contribution in [0.4, 0.5) is 0 Å². The van der Waals surface area contributed by atoms with Gasteiger partial charge in [-0.15, -0.1) is 0 Å². The SMILES string of the molecule is CCN(CC)C(=O)CCN=C(N)NC(C)(C)C. The molecule has 0 saturated heterocycles. The van der Waals surface area contributed by atoms with Crippen molar-refractivity contribution in [1.29, 1.82) is 0 Å². The van der Waals surface area contributed by atoms with Crippen LogP contribution in [0, 0.1) is 0 Å². The molecule has 0 aliphatic heterocycles. The zero-order chi connectivity index (χ0) is 13.5. The Morgan fingerprint density at radius 1 is 1.29 bits per heavy atom. The second-order valence-electron chi connectivity index (χ2n) is 4.96.